The van der Waals surface area contributed by atoms with E-state index in [-0.39, 0.29) is 36.6 Å². The second kappa shape index (κ2) is 13.8. The predicted octanol–water partition coefficient (Wildman–Crippen LogP) is 5.40. The molecule has 2 aliphatic rings. The summed E-state index contributed by atoms with van der Waals surface area (Å²) in [5.41, 5.74) is 6.35. The maximum absolute atomic E-state index is 12.8. The molecule has 10 heteroatoms. The molecule has 8 nitrogen and oxygen atoms in total. The highest BCUT2D eigenvalue weighted by molar-refractivity contribution is 6.07. The first-order valence-corrected chi connectivity index (χ1v) is 13.2. The van der Waals surface area contributed by atoms with Gasteiger partial charge in [0.05, 0.1) is 13.1 Å². The molecule has 0 bridgehead atoms. The van der Waals surface area contributed by atoms with Crippen molar-refractivity contribution in [2.24, 2.45) is 9.98 Å². The highest BCUT2D eigenvalue weighted by atomic mass is 35.5. The normalized spacial score (nSPS) is 13.3. The van der Waals surface area contributed by atoms with Crippen molar-refractivity contribution in [1.82, 2.24) is 10.6 Å². The van der Waals surface area contributed by atoms with Gasteiger partial charge in [-0.2, -0.15) is 0 Å². The molecular weight excluding hydrogens is 571 g/mol. The monoisotopic (exact) mass is 600 g/mol. The molecule has 0 atom stereocenters. The van der Waals surface area contributed by atoms with Crippen molar-refractivity contribution in [3.63, 3.8) is 0 Å². The number of hydrogen-bond donors (Lipinski definition) is 4. The van der Waals surface area contributed by atoms with Crippen LogP contribution in [0.5, 0.6) is 0 Å². The molecule has 0 saturated carbocycles. The minimum absolute atomic E-state index is 0. The predicted molar refractivity (Wildman–Crippen MR) is 174 cm³/mol. The third kappa shape index (κ3) is 6.97. The molecule has 0 saturated heterocycles. The van der Waals surface area contributed by atoms with Gasteiger partial charge in [-0.1, -0.05) is 48.5 Å². The summed E-state index contributed by atoms with van der Waals surface area (Å²) in [7, 11) is 0. The smallest absolute Gasteiger partial charge is 0.255 e. The molecule has 2 heterocycles. The fourth-order valence-corrected chi connectivity index (χ4v) is 4.71. The summed E-state index contributed by atoms with van der Waals surface area (Å²) in [5.74, 6) is 1.34. The molecule has 4 aromatic carbocycles. The van der Waals surface area contributed by atoms with Crippen molar-refractivity contribution in [1.29, 1.82) is 0 Å². The van der Waals surface area contributed by atoms with Crippen LogP contribution in [0, 0.1) is 0 Å². The number of amidine groups is 2. The molecule has 42 heavy (non-hydrogen) atoms. The summed E-state index contributed by atoms with van der Waals surface area (Å²) >= 11 is 0. The van der Waals surface area contributed by atoms with Gasteiger partial charge in [0, 0.05) is 46.7 Å². The highest BCUT2D eigenvalue weighted by Gasteiger charge is 2.13. The number of hydrogen-bond acceptors (Lipinski definition) is 6. The van der Waals surface area contributed by atoms with Crippen molar-refractivity contribution in [2.75, 3.05) is 36.8 Å². The van der Waals surface area contributed by atoms with Crippen molar-refractivity contribution in [3.05, 3.63) is 119 Å². The van der Waals surface area contributed by atoms with E-state index in [9.17, 15) is 9.59 Å². The molecule has 4 N–H and O–H groups in total. The molecule has 0 spiro atoms. The number of benzene rings is 4. The Labute approximate surface area is 256 Å². The van der Waals surface area contributed by atoms with Crippen LogP contribution >= 0.6 is 24.8 Å². The van der Waals surface area contributed by atoms with Crippen molar-refractivity contribution < 1.29 is 9.59 Å². The van der Waals surface area contributed by atoms with Crippen LogP contribution in [0.1, 0.15) is 31.8 Å². The van der Waals surface area contributed by atoms with Crippen LogP contribution in [0.2, 0.25) is 0 Å². The van der Waals surface area contributed by atoms with E-state index in [0.717, 1.165) is 60.1 Å². The summed E-state index contributed by atoms with van der Waals surface area (Å²) in [6.45, 7) is 3.18. The van der Waals surface area contributed by atoms with Gasteiger partial charge >= 0.3 is 0 Å². The molecule has 0 aromatic heterocycles. The Balaban J connectivity index is 0.00000202. The zero-order valence-corrected chi connectivity index (χ0v) is 24.2. The number of nitrogens with zero attached hydrogens (tertiary/aromatic N) is 2. The van der Waals surface area contributed by atoms with Gasteiger partial charge in [-0.05, 0) is 59.7 Å². The summed E-state index contributed by atoms with van der Waals surface area (Å²) in [6.07, 6.45) is 0. The number of nitrogens with one attached hydrogen (secondary N) is 4. The van der Waals surface area contributed by atoms with Crippen molar-refractivity contribution in [3.8, 4) is 11.1 Å². The lowest BCUT2D eigenvalue weighted by Crippen LogP contribution is -2.19. The van der Waals surface area contributed by atoms with Crippen LogP contribution < -0.4 is 21.3 Å². The van der Waals surface area contributed by atoms with Gasteiger partial charge in [0.1, 0.15) is 11.7 Å². The van der Waals surface area contributed by atoms with Crippen LogP contribution in [0.4, 0.5) is 11.4 Å². The zero-order valence-electron chi connectivity index (χ0n) is 22.6. The van der Waals surface area contributed by atoms with E-state index < -0.39 is 0 Å². The summed E-state index contributed by atoms with van der Waals surface area (Å²) < 4.78 is 0. The summed E-state index contributed by atoms with van der Waals surface area (Å²) in [6, 6.07) is 30.1. The fourth-order valence-electron chi connectivity index (χ4n) is 4.71. The SMILES string of the molecule is Cl.Cl.O=C(Nc1cccc(C2=NCCN2)c1)c1ccc(-c2ccc(C(=O)Nc3cccc(C4=NCCN4)c3)cc2)cc1. The lowest BCUT2D eigenvalue weighted by Gasteiger charge is -2.10. The molecule has 0 fully saturated rings. The largest absolute Gasteiger partial charge is 0.368 e. The number of carbonyl (C=O) groups is 2. The first-order chi connectivity index (χ1) is 19.6. The topological polar surface area (TPSA) is 107 Å². The quantitative estimate of drug-likeness (QED) is 0.228. The second-order valence-electron chi connectivity index (χ2n) is 9.54. The van der Waals surface area contributed by atoms with Crippen LogP contribution in [-0.4, -0.2) is 49.7 Å². The van der Waals surface area contributed by atoms with E-state index in [1.165, 1.54) is 0 Å². The Morgan fingerprint density at radius 3 is 1.31 bits per heavy atom. The van der Waals surface area contributed by atoms with Gasteiger partial charge in [0.25, 0.3) is 11.8 Å². The molecule has 0 radical (unpaired) electrons. The summed E-state index contributed by atoms with van der Waals surface area (Å²) in [4.78, 5) is 34.6. The van der Waals surface area contributed by atoms with Crippen LogP contribution in [0.25, 0.3) is 11.1 Å². The van der Waals surface area contributed by atoms with E-state index in [0.29, 0.717) is 22.5 Å². The first-order valence-electron chi connectivity index (χ1n) is 13.2. The number of anilines is 2. The lowest BCUT2D eigenvalue weighted by molar-refractivity contribution is 0.101. The third-order valence-corrected chi connectivity index (χ3v) is 6.76. The van der Waals surface area contributed by atoms with Crippen molar-refractivity contribution in [2.45, 2.75) is 0 Å². The van der Waals surface area contributed by atoms with E-state index in [1.807, 2.05) is 72.8 Å². The van der Waals surface area contributed by atoms with Gasteiger partial charge in [-0.15, -0.1) is 24.8 Å². The first kappa shape index (κ1) is 30.3. The maximum atomic E-state index is 12.8. The Morgan fingerprint density at radius 1 is 0.548 bits per heavy atom. The Kier molecular flexibility index (Phi) is 9.96. The van der Waals surface area contributed by atoms with Gasteiger partial charge < -0.3 is 21.3 Å². The number of rotatable bonds is 7. The average molecular weight is 602 g/mol. The molecule has 4 aromatic rings. The minimum atomic E-state index is -0.183. The standard InChI is InChI=1S/C32H28N6O2.2ClH/c39-31(37-27-5-1-3-25(19-27)29-33-15-16-34-29)23-11-7-21(8-12-23)22-9-13-24(14-10-22)32(40)38-28-6-2-4-26(20-28)30-35-17-18-36-30;;/h1-14,19-20H,15-18H2,(H,33,34)(H,35,36)(H,37,39)(H,38,40);2*1H. The van der Waals surface area contributed by atoms with Crippen LogP contribution in [0.15, 0.2) is 107 Å². The number of carbonyl (C=O) groups excluding carboxylic acids is 2. The molecule has 2 aliphatic heterocycles. The number of amides is 2. The minimum Gasteiger partial charge on any atom is -0.368 e. The van der Waals surface area contributed by atoms with Gasteiger partial charge in [-0.25, -0.2) is 0 Å². The Hall–Kier alpha value is -4.66. The fraction of sp³-hybridized carbons (Fsp3) is 0.125. The van der Waals surface area contributed by atoms with E-state index in [1.54, 1.807) is 24.3 Å². The lowest BCUT2D eigenvalue weighted by atomic mass is 10.0. The molecular formula is C32H30Cl2N6O2. The van der Waals surface area contributed by atoms with E-state index in [4.69, 9.17) is 0 Å². The second-order valence-corrected chi connectivity index (χ2v) is 9.54. The van der Waals surface area contributed by atoms with Crippen LogP contribution in [-0.2, 0) is 0 Å². The Bertz CT molecular complexity index is 1510. The molecule has 6 rings (SSSR count). The molecule has 214 valence electrons. The maximum Gasteiger partial charge on any atom is 0.255 e. The third-order valence-electron chi connectivity index (χ3n) is 6.76. The Morgan fingerprint density at radius 2 is 0.952 bits per heavy atom. The van der Waals surface area contributed by atoms with E-state index in [2.05, 4.69) is 31.3 Å². The zero-order chi connectivity index (χ0) is 27.3. The molecule has 2 amide bonds. The van der Waals surface area contributed by atoms with Gasteiger partial charge in [0.2, 0.25) is 0 Å². The van der Waals surface area contributed by atoms with Gasteiger partial charge in [-0.3, -0.25) is 19.6 Å². The molecule has 0 unspecified atom stereocenters. The van der Waals surface area contributed by atoms with E-state index >= 15 is 0 Å². The molecule has 0 aliphatic carbocycles. The van der Waals surface area contributed by atoms with Gasteiger partial charge in [0.15, 0.2) is 0 Å². The average Bonchev–Trinajstić information content (AvgIpc) is 3.73. The summed E-state index contributed by atoms with van der Waals surface area (Å²) in [5, 5.41) is 12.4. The highest BCUT2D eigenvalue weighted by Crippen LogP contribution is 2.22. The van der Waals surface area contributed by atoms with Crippen molar-refractivity contribution >= 4 is 59.7 Å². The number of halogens is 2. The van der Waals surface area contributed by atoms with Crippen LogP contribution in [0.3, 0.4) is 0 Å². The number of aliphatic imine (C=N–C) groups is 2.